The maximum absolute atomic E-state index is 13.1. The second-order valence-electron chi connectivity index (χ2n) is 5.65. The lowest BCUT2D eigenvalue weighted by atomic mass is 10.1. The lowest BCUT2D eigenvalue weighted by Gasteiger charge is -2.04. The molecule has 2 N–H and O–H groups in total. The SMILES string of the molecule is CC.Fc1cc(F)cc(-c2ncccn2)c1.Nc1c(F)cc(F)cc1-c1ncccn1. The van der Waals surface area contributed by atoms with Gasteiger partial charge in [-0.2, -0.15) is 0 Å². The molecule has 2 aromatic carbocycles. The average molecular weight is 429 g/mol. The molecule has 2 aromatic heterocycles. The van der Waals surface area contributed by atoms with Gasteiger partial charge in [-0.05, 0) is 30.3 Å². The summed E-state index contributed by atoms with van der Waals surface area (Å²) in [6.45, 7) is 4.00. The van der Waals surface area contributed by atoms with Crippen molar-refractivity contribution in [2.24, 2.45) is 0 Å². The first-order valence-electron chi connectivity index (χ1n) is 9.19. The molecule has 0 saturated heterocycles. The van der Waals surface area contributed by atoms with Gasteiger partial charge in [-0.25, -0.2) is 37.5 Å². The van der Waals surface area contributed by atoms with Crippen molar-refractivity contribution in [1.82, 2.24) is 19.9 Å². The third kappa shape index (κ3) is 6.56. The number of hydrogen-bond donors (Lipinski definition) is 1. The van der Waals surface area contributed by atoms with Crippen molar-refractivity contribution in [3.05, 3.63) is 90.5 Å². The van der Waals surface area contributed by atoms with E-state index in [1.807, 2.05) is 13.8 Å². The molecule has 0 atom stereocenters. The smallest absolute Gasteiger partial charge is 0.161 e. The second-order valence-corrected chi connectivity index (χ2v) is 5.65. The molecule has 0 aliphatic heterocycles. The Kier molecular flexibility index (Phi) is 8.56. The Hall–Kier alpha value is -3.88. The van der Waals surface area contributed by atoms with E-state index >= 15 is 0 Å². The summed E-state index contributed by atoms with van der Waals surface area (Å²) in [5.74, 6) is -2.26. The fourth-order valence-electron chi connectivity index (χ4n) is 2.34. The molecular formula is C22H19F4N5. The van der Waals surface area contributed by atoms with Gasteiger partial charge in [-0.15, -0.1) is 0 Å². The highest BCUT2D eigenvalue weighted by atomic mass is 19.1. The minimum atomic E-state index is -0.808. The van der Waals surface area contributed by atoms with E-state index in [0.717, 1.165) is 18.2 Å². The van der Waals surface area contributed by atoms with Crippen molar-refractivity contribution < 1.29 is 17.6 Å². The van der Waals surface area contributed by atoms with E-state index in [4.69, 9.17) is 5.73 Å². The lowest BCUT2D eigenvalue weighted by Crippen LogP contribution is -1.98. The van der Waals surface area contributed by atoms with Crippen LogP contribution in [0.4, 0.5) is 23.2 Å². The standard InChI is InChI=1S/C10H7F2N3.C10H6F2N2.C2H6/c11-6-4-7(9(13)8(12)5-6)10-14-2-1-3-15-10;11-8-4-7(5-9(12)6-8)10-13-2-1-3-14-10;1-2/h1-5H,13H2;1-6H;1-2H3. The summed E-state index contributed by atoms with van der Waals surface area (Å²) in [5.41, 5.74) is 5.81. The number of hydrogen-bond acceptors (Lipinski definition) is 5. The lowest BCUT2D eigenvalue weighted by molar-refractivity contribution is 0.583. The average Bonchev–Trinajstić information content (AvgIpc) is 2.78. The zero-order valence-electron chi connectivity index (χ0n) is 16.7. The van der Waals surface area contributed by atoms with Crippen LogP contribution in [0.1, 0.15) is 13.8 Å². The van der Waals surface area contributed by atoms with Crippen molar-refractivity contribution in [3.63, 3.8) is 0 Å². The Labute approximate surface area is 176 Å². The first-order valence-corrected chi connectivity index (χ1v) is 9.19. The van der Waals surface area contributed by atoms with E-state index in [2.05, 4.69) is 19.9 Å². The summed E-state index contributed by atoms with van der Waals surface area (Å²) < 4.78 is 51.7. The summed E-state index contributed by atoms with van der Waals surface area (Å²) in [6.07, 6.45) is 5.99. The van der Waals surface area contributed by atoms with Gasteiger partial charge < -0.3 is 5.73 Å². The molecule has 0 bridgehead atoms. The number of anilines is 1. The Morgan fingerprint density at radius 1 is 0.613 bits per heavy atom. The van der Waals surface area contributed by atoms with Crippen LogP contribution in [-0.4, -0.2) is 19.9 Å². The van der Waals surface area contributed by atoms with Crippen molar-refractivity contribution in [2.45, 2.75) is 13.8 Å². The summed E-state index contributed by atoms with van der Waals surface area (Å²) in [7, 11) is 0. The Bertz CT molecular complexity index is 1090. The summed E-state index contributed by atoms with van der Waals surface area (Å²) >= 11 is 0. The van der Waals surface area contributed by atoms with Gasteiger partial charge in [0.25, 0.3) is 0 Å². The van der Waals surface area contributed by atoms with Gasteiger partial charge in [0.15, 0.2) is 11.6 Å². The molecule has 5 nitrogen and oxygen atoms in total. The molecule has 0 spiro atoms. The van der Waals surface area contributed by atoms with Crippen LogP contribution in [0.25, 0.3) is 22.8 Å². The molecule has 9 heteroatoms. The molecule has 160 valence electrons. The van der Waals surface area contributed by atoms with Crippen LogP contribution >= 0.6 is 0 Å². The first-order chi connectivity index (χ1) is 14.9. The molecule has 0 aliphatic carbocycles. The molecule has 0 amide bonds. The molecular weight excluding hydrogens is 410 g/mol. The van der Waals surface area contributed by atoms with E-state index in [1.54, 1.807) is 12.1 Å². The number of benzene rings is 2. The third-order valence-electron chi connectivity index (χ3n) is 3.59. The van der Waals surface area contributed by atoms with E-state index in [9.17, 15) is 17.6 Å². The van der Waals surface area contributed by atoms with Crippen LogP contribution in [0.3, 0.4) is 0 Å². The van der Waals surface area contributed by atoms with Gasteiger partial charge >= 0.3 is 0 Å². The summed E-state index contributed by atoms with van der Waals surface area (Å²) in [6, 6.07) is 8.27. The van der Waals surface area contributed by atoms with Gasteiger partial charge in [0, 0.05) is 48.0 Å². The zero-order chi connectivity index (χ0) is 22.8. The normalized spacial score (nSPS) is 9.74. The molecule has 0 aliphatic rings. The van der Waals surface area contributed by atoms with Crippen molar-refractivity contribution in [2.75, 3.05) is 5.73 Å². The number of aromatic nitrogens is 4. The van der Waals surface area contributed by atoms with Gasteiger partial charge in [-0.3, -0.25) is 0 Å². The van der Waals surface area contributed by atoms with Gasteiger partial charge in [0.05, 0.1) is 5.69 Å². The number of rotatable bonds is 2. The Morgan fingerprint density at radius 3 is 1.58 bits per heavy atom. The molecule has 4 aromatic rings. The van der Waals surface area contributed by atoms with Crippen LogP contribution < -0.4 is 5.73 Å². The van der Waals surface area contributed by atoms with E-state index < -0.39 is 23.3 Å². The fourth-order valence-corrected chi connectivity index (χ4v) is 2.34. The highest BCUT2D eigenvalue weighted by Crippen LogP contribution is 2.25. The Morgan fingerprint density at radius 2 is 1.06 bits per heavy atom. The molecule has 0 fully saturated rings. The molecule has 31 heavy (non-hydrogen) atoms. The van der Waals surface area contributed by atoms with E-state index in [0.29, 0.717) is 11.4 Å². The maximum Gasteiger partial charge on any atom is 0.161 e. The predicted octanol–water partition coefficient (Wildman–Crippen LogP) is 5.45. The first kappa shape index (κ1) is 23.4. The highest BCUT2D eigenvalue weighted by Gasteiger charge is 2.11. The van der Waals surface area contributed by atoms with Crippen molar-refractivity contribution >= 4 is 5.69 Å². The van der Waals surface area contributed by atoms with E-state index in [-0.39, 0.29) is 17.1 Å². The van der Waals surface area contributed by atoms with Crippen molar-refractivity contribution in [1.29, 1.82) is 0 Å². The van der Waals surface area contributed by atoms with Crippen molar-refractivity contribution in [3.8, 4) is 22.8 Å². The third-order valence-corrected chi connectivity index (χ3v) is 3.59. The molecule has 0 unspecified atom stereocenters. The maximum atomic E-state index is 13.1. The molecule has 0 radical (unpaired) electrons. The largest absolute Gasteiger partial charge is 0.396 e. The second kappa shape index (κ2) is 11.3. The minimum Gasteiger partial charge on any atom is -0.396 e. The topological polar surface area (TPSA) is 77.6 Å². The highest BCUT2D eigenvalue weighted by molar-refractivity contribution is 5.71. The molecule has 2 heterocycles. The van der Waals surface area contributed by atoms with Crippen LogP contribution in [-0.2, 0) is 0 Å². The number of nitrogens with two attached hydrogens (primary N) is 1. The van der Waals surface area contributed by atoms with Crippen LogP contribution in [0, 0.1) is 23.3 Å². The quantitative estimate of drug-likeness (QED) is 0.339. The van der Waals surface area contributed by atoms with Crippen LogP contribution in [0.2, 0.25) is 0 Å². The number of halogens is 4. The van der Waals surface area contributed by atoms with Gasteiger partial charge in [0.2, 0.25) is 0 Å². The molecule has 0 saturated carbocycles. The van der Waals surface area contributed by atoms with Gasteiger partial charge in [0.1, 0.15) is 23.3 Å². The number of nitrogen functional groups attached to an aromatic ring is 1. The number of nitrogens with zero attached hydrogens (tertiary/aromatic N) is 4. The van der Waals surface area contributed by atoms with Crippen LogP contribution in [0.5, 0.6) is 0 Å². The summed E-state index contributed by atoms with van der Waals surface area (Å²) in [5, 5.41) is 0. The zero-order valence-corrected chi connectivity index (χ0v) is 16.7. The summed E-state index contributed by atoms with van der Waals surface area (Å²) in [4.78, 5) is 15.5. The van der Waals surface area contributed by atoms with Gasteiger partial charge in [-0.1, -0.05) is 13.8 Å². The molecule has 4 rings (SSSR count). The van der Waals surface area contributed by atoms with E-state index in [1.165, 1.54) is 36.9 Å². The fraction of sp³-hybridized carbons (Fsp3) is 0.0909. The minimum absolute atomic E-state index is 0.150. The predicted molar refractivity (Wildman–Crippen MR) is 111 cm³/mol. The Balaban J connectivity index is 0.000000204. The monoisotopic (exact) mass is 429 g/mol. The van der Waals surface area contributed by atoms with Crippen LogP contribution in [0.15, 0.2) is 67.3 Å².